The molecule has 0 amide bonds. The second kappa shape index (κ2) is 4.42. The van der Waals surface area contributed by atoms with E-state index in [0.717, 1.165) is 41.6 Å². The van der Waals surface area contributed by atoms with E-state index >= 15 is 0 Å². The summed E-state index contributed by atoms with van der Waals surface area (Å²) in [5.41, 5.74) is 3.57. The third-order valence-corrected chi connectivity index (χ3v) is 4.96. The van der Waals surface area contributed by atoms with E-state index in [1.54, 1.807) is 0 Å². The molecule has 3 heterocycles. The highest BCUT2D eigenvalue weighted by Gasteiger charge is 2.56. The Balaban J connectivity index is 1.73. The standard InChI is InChI=1S/C19H20N2O2/c1-12(2)22-16-9-8-13-17-18(16)23-15-7-4-3-6-14(15)21(17)19(13)10-5-11-20-19/h3-4,6-9,12,20H,5,10-11H2,1-2H3. The maximum atomic E-state index is 6.23. The van der Waals surface area contributed by atoms with Crippen LogP contribution in [0.2, 0.25) is 0 Å². The monoisotopic (exact) mass is 308 g/mol. The molecule has 23 heavy (non-hydrogen) atoms. The first kappa shape index (κ1) is 13.3. The molecular formula is C19H20N2O2. The Morgan fingerprint density at radius 3 is 2.87 bits per heavy atom. The van der Waals surface area contributed by atoms with Crippen LogP contribution in [0.25, 0.3) is 0 Å². The molecule has 2 aromatic carbocycles. The van der Waals surface area contributed by atoms with Gasteiger partial charge in [-0.25, -0.2) is 0 Å². The fourth-order valence-electron chi connectivity index (χ4n) is 4.12. The Morgan fingerprint density at radius 2 is 2.09 bits per heavy atom. The maximum absolute atomic E-state index is 6.23. The second-order valence-electron chi connectivity index (χ2n) is 6.75. The molecule has 5 rings (SSSR count). The van der Waals surface area contributed by atoms with Crippen molar-refractivity contribution in [2.24, 2.45) is 0 Å². The Morgan fingerprint density at radius 1 is 1.22 bits per heavy atom. The molecule has 1 spiro atoms. The summed E-state index contributed by atoms with van der Waals surface area (Å²) in [4.78, 5) is 2.41. The third kappa shape index (κ3) is 1.59. The van der Waals surface area contributed by atoms with Gasteiger partial charge in [0, 0.05) is 5.56 Å². The fourth-order valence-corrected chi connectivity index (χ4v) is 4.12. The van der Waals surface area contributed by atoms with Gasteiger partial charge in [-0.1, -0.05) is 12.1 Å². The Labute approximate surface area is 136 Å². The van der Waals surface area contributed by atoms with E-state index in [1.807, 2.05) is 26.0 Å². The number of hydrogen-bond acceptors (Lipinski definition) is 4. The molecule has 1 atom stereocenters. The van der Waals surface area contributed by atoms with Crippen molar-refractivity contribution >= 4 is 11.4 Å². The first-order valence-corrected chi connectivity index (χ1v) is 8.37. The van der Waals surface area contributed by atoms with Gasteiger partial charge in [0.2, 0.25) is 0 Å². The lowest BCUT2D eigenvalue weighted by Crippen LogP contribution is -2.59. The van der Waals surface area contributed by atoms with E-state index in [4.69, 9.17) is 9.47 Å². The van der Waals surface area contributed by atoms with Crippen LogP contribution in [0.4, 0.5) is 11.4 Å². The van der Waals surface area contributed by atoms with Gasteiger partial charge in [-0.15, -0.1) is 0 Å². The van der Waals surface area contributed by atoms with Crippen LogP contribution in [0.3, 0.4) is 0 Å². The number of anilines is 2. The predicted molar refractivity (Wildman–Crippen MR) is 89.8 cm³/mol. The number of nitrogens with one attached hydrogen (secondary N) is 1. The van der Waals surface area contributed by atoms with Gasteiger partial charge in [-0.05, 0) is 57.5 Å². The highest BCUT2D eigenvalue weighted by molar-refractivity contribution is 5.91. The van der Waals surface area contributed by atoms with Crippen molar-refractivity contribution in [3.63, 3.8) is 0 Å². The highest BCUT2D eigenvalue weighted by atomic mass is 16.5. The Hall–Kier alpha value is -2.20. The van der Waals surface area contributed by atoms with Crippen molar-refractivity contribution in [3.05, 3.63) is 42.0 Å². The zero-order chi connectivity index (χ0) is 15.6. The van der Waals surface area contributed by atoms with Crippen LogP contribution in [0.1, 0.15) is 32.3 Å². The summed E-state index contributed by atoms with van der Waals surface area (Å²) in [5.74, 6) is 2.58. The van der Waals surface area contributed by atoms with Crippen molar-refractivity contribution < 1.29 is 9.47 Å². The minimum atomic E-state index is -0.0691. The van der Waals surface area contributed by atoms with Crippen LogP contribution in [0, 0.1) is 0 Å². The lowest BCUT2D eigenvalue weighted by Gasteiger charge is -2.55. The number of hydrogen-bond donors (Lipinski definition) is 1. The van der Waals surface area contributed by atoms with E-state index in [-0.39, 0.29) is 11.8 Å². The molecule has 0 aromatic heterocycles. The molecule has 1 fully saturated rings. The summed E-state index contributed by atoms with van der Waals surface area (Å²) in [5, 5.41) is 3.72. The smallest absolute Gasteiger partial charge is 0.193 e. The van der Waals surface area contributed by atoms with Gasteiger partial charge < -0.3 is 14.4 Å². The van der Waals surface area contributed by atoms with Crippen LogP contribution in [-0.4, -0.2) is 12.6 Å². The topological polar surface area (TPSA) is 33.7 Å². The number of fused-ring (bicyclic) bond motifs is 4. The van der Waals surface area contributed by atoms with Crippen LogP contribution in [0.15, 0.2) is 36.4 Å². The minimum Gasteiger partial charge on any atom is -0.487 e. The summed E-state index contributed by atoms with van der Waals surface area (Å²) in [6, 6.07) is 12.5. The van der Waals surface area contributed by atoms with E-state index in [1.165, 1.54) is 12.0 Å². The molecule has 3 aliphatic rings. The predicted octanol–water partition coefficient (Wildman–Crippen LogP) is 4.27. The molecule has 3 aliphatic heterocycles. The van der Waals surface area contributed by atoms with Crippen LogP contribution in [-0.2, 0) is 5.66 Å². The zero-order valence-electron chi connectivity index (χ0n) is 13.4. The first-order chi connectivity index (χ1) is 11.2. The quantitative estimate of drug-likeness (QED) is 0.898. The Kier molecular flexibility index (Phi) is 2.55. The van der Waals surface area contributed by atoms with Gasteiger partial charge in [0.05, 0.1) is 17.5 Å². The minimum absolute atomic E-state index is 0.0691. The molecule has 2 aromatic rings. The molecule has 118 valence electrons. The van der Waals surface area contributed by atoms with E-state index in [2.05, 4.69) is 34.5 Å². The molecule has 1 saturated heterocycles. The molecule has 1 N–H and O–H groups in total. The number of ether oxygens (including phenoxy) is 2. The fraction of sp³-hybridized carbons (Fsp3) is 0.368. The highest BCUT2D eigenvalue weighted by Crippen LogP contribution is 2.65. The lowest BCUT2D eigenvalue weighted by molar-refractivity contribution is 0.229. The summed E-state index contributed by atoms with van der Waals surface area (Å²) in [7, 11) is 0. The van der Waals surface area contributed by atoms with E-state index in [9.17, 15) is 0 Å². The average Bonchev–Trinajstić information content (AvgIpc) is 3.04. The summed E-state index contributed by atoms with van der Waals surface area (Å²) < 4.78 is 12.2. The Bertz CT molecular complexity index is 794. The SMILES string of the molecule is CC(C)Oc1ccc2c3c1Oc1ccccc1N3C21CCCN1. The van der Waals surface area contributed by atoms with Crippen LogP contribution >= 0.6 is 0 Å². The third-order valence-electron chi connectivity index (χ3n) is 4.96. The van der Waals surface area contributed by atoms with E-state index < -0.39 is 0 Å². The van der Waals surface area contributed by atoms with Crippen molar-refractivity contribution in [3.8, 4) is 17.2 Å². The summed E-state index contributed by atoms with van der Waals surface area (Å²) >= 11 is 0. The summed E-state index contributed by atoms with van der Waals surface area (Å²) in [6.45, 7) is 5.14. The van der Waals surface area contributed by atoms with Gasteiger partial charge >= 0.3 is 0 Å². The number of rotatable bonds is 2. The molecule has 4 heteroatoms. The maximum Gasteiger partial charge on any atom is 0.193 e. The van der Waals surface area contributed by atoms with Gasteiger partial charge in [0.1, 0.15) is 5.66 Å². The van der Waals surface area contributed by atoms with Crippen molar-refractivity contribution in [1.29, 1.82) is 0 Å². The normalized spacial score (nSPS) is 23.3. The molecule has 0 saturated carbocycles. The largest absolute Gasteiger partial charge is 0.487 e. The number of benzene rings is 2. The van der Waals surface area contributed by atoms with Crippen LogP contribution < -0.4 is 19.7 Å². The van der Waals surface area contributed by atoms with Crippen molar-refractivity contribution in [2.75, 3.05) is 11.4 Å². The van der Waals surface area contributed by atoms with E-state index in [0.29, 0.717) is 0 Å². The summed E-state index contributed by atoms with van der Waals surface area (Å²) in [6.07, 6.45) is 2.44. The van der Waals surface area contributed by atoms with Crippen molar-refractivity contribution in [2.45, 2.75) is 38.5 Å². The molecule has 0 bridgehead atoms. The molecule has 0 radical (unpaired) electrons. The van der Waals surface area contributed by atoms with Gasteiger partial charge in [0.15, 0.2) is 17.2 Å². The van der Waals surface area contributed by atoms with Crippen LogP contribution in [0.5, 0.6) is 17.2 Å². The van der Waals surface area contributed by atoms with Crippen molar-refractivity contribution in [1.82, 2.24) is 5.32 Å². The zero-order valence-corrected chi connectivity index (χ0v) is 13.4. The second-order valence-corrected chi connectivity index (χ2v) is 6.75. The molecule has 1 unspecified atom stereocenters. The number of para-hydroxylation sites is 2. The molecule has 4 nitrogen and oxygen atoms in total. The van der Waals surface area contributed by atoms with Gasteiger partial charge in [-0.3, -0.25) is 5.32 Å². The lowest BCUT2D eigenvalue weighted by atomic mass is 9.82. The number of nitrogens with zero attached hydrogens (tertiary/aromatic N) is 1. The van der Waals surface area contributed by atoms with Gasteiger partial charge in [-0.2, -0.15) is 0 Å². The molecular weight excluding hydrogens is 288 g/mol. The van der Waals surface area contributed by atoms with Gasteiger partial charge in [0.25, 0.3) is 0 Å². The first-order valence-electron chi connectivity index (χ1n) is 8.37. The molecule has 0 aliphatic carbocycles. The average molecular weight is 308 g/mol.